The number of ether oxygens (including phenoxy) is 1. The lowest BCUT2D eigenvalue weighted by atomic mass is 9.89. The first-order chi connectivity index (χ1) is 17.0. The maximum absolute atomic E-state index is 12.1. The van der Waals surface area contributed by atoms with Crippen LogP contribution >= 0.6 is 0 Å². The molecule has 1 aromatic heterocycles. The van der Waals surface area contributed by atoms with Crippen molar-refractivity contribution in [1.82, 2.24) is 5.32 Å². The highest BCUT2D eigenvalue weighted by Gasteiger charge is 2.23. The summed E-state index contributed by atoms with van der Waals surface area (Å²) >= 11 is 0. The molecule has 3 rings (SSSR count). The van der Waals surface area contributed by atoms with Gasteiger partial charge in [-0.3, -0.25) is 9.59 Å². The van der Waals surface area contributed by atoms with Gasteiger partial charge in [-0.05, 0) is 78.5 Å². The maximum Gasteiger partial charge on any atom is 0.322 e. The minimum Gasteiger partial charge on any atom is -0.491 e. The van der Waals surface area contributed by atoms with Gasteiger partial charge in [0.1, 0.15) is 24.5 Å². The molecule has 0 saturated carbocycles. The normalized spacial score (nSPS) is 13.4. The van der Waals surface area contributed by atoms with Crippen LogP contribution in [0.25, 0.3) is 11.0 Å². The number of carbonyl (C=O) groups is 2. The monoisotopic (exact) mass is 495 g/mol. The fourth-order valence-corrected chi connectivity index (χ4v) is 4.06. The Bertz CT molecular complexity index is 1210. The van der Waals surface area contributed by atoms with Crippen molar-refractivity contribution in [3.05, 3.63) is 64.9 Å². The summed E-state index contributed by atoms with van der Waals surface area (Å²) in [6.45, 7) is 10.0. The van der Waals surface area contributed by atoms with Gasteiger partial charge in [-0.2, -0.15) is 0 Å². The van der Waals surface area contributed by atoms with Crippen LogP contribution in [0.5, 0.6) is 5.75 Å². The first-order valence-corrected chi connectivity index (χ1v) is 12.4. The second kappa shape index (κ2) is 11.6. The van der Waals surface area contributed by atoms with Gasteiger partial charge in [0.25, 0.3) is 5.91 Å². The van der Waals surface area contributed by atoms with E-state index in [4.69, 9.17) is 14.3 Å². The van der Waals surface area contributed by atoms with E-state index in [0.29, 0.717) is 11.5 Å². The molecule has 2 unspecified atom stereocenters. The molecule has 7 nitrogen and oxygen atoms in total. The van der Waals surface area contributed by atoms with Gasteiger partial charge in [-0.15, -0.1) is 0 Å². The van der Waals surface area contributed by atoms with E-state index in [2.05, 4.69) is 24.4 Å². The van der Waals surface area contributed by atoms with Crippen LogP contribution in [0.3, 0.4) is 0 Å². The number of rotatable bonds is 11. The summed E-state index contributed by atoms with van der Waals surface area (Å²) < 4.78 is 11.5. The Labute approximate surface area is 212 Å². The third-order valence-electron chi connectivity index (χ3n) is 6.55. The molecule has 3 N–H and O–H groups in total. The van der Waals surface area contributed by atoms with Crippen molar-refractivity contribution < 1.29 is 29.0 Å². The van der Waals surface area contributed by atoms with Gasteiger partial charge in [0.2, 0.25) is 0 Å². The molecule has 0 fully saturated rings. The SMILES string of the molecule is CCC(CCc1ccc2oc(C(=O)NCC(=O)O)cc2c1)c1ccc(OCC(O)C(C)(C)C)c(C)c1. The number of nitrogens with one attached hydrogen (secondary N) is 1. The molecule has 1 heterocycles. The van der Waals surface area contributed by atoms with Crippen molar-refractivity contribution in [2.24, 2.45) is 5.41 Å². The Kier molecular flexibility index (Phi) is 8.79. The Hall–Kier alpha value is -3.32. The lowest BCUT2D eigenvalue weighted by molar-refractivity contribution is -0.135. The number of benzene rings is 2. The number of aryl methyl sites for hydroxylation is 2. The molecule has 0 aliphatic carbocycles. The molecule has 2 atom stereocenters. The molecule has 0 saturated heterocycles. The van der Waals surface area contributed by atoms with E-state index in [0.717, 1.165) is 41.5 Å². The molecule has 2 aromatic carbocycles. The lowest BCUT2D eigenvalue weighted by Gasteiger charge is -2.26. The smallest absolute Gasteiger partial charge is 0.322 e. The second-order valence-corrected chi connectivity index (χ2v) is 10.4. The average Bonchev–Trinajstić information content (AvgIpc) is 3.25. The summed E-state index contributed by atoms with van der Waals surface area (Å²) in [6.07, 6.45) is 2.30. The van der Waals surface area contributed by atoms with Crippen LogP contribution in [-0.2, 0) is 11.2 Å². The molecule has 0 radical (unpaired) electrons. The van der Waals surface area contributed by atoms with Crippen LogP contribution in [0.15, 0.2) is 46.9 Å². The molecule has 1 amide bonds. The number of hydrogen-bond donors (Lipinski definition) is 3. The molecule has 0 spiro atoms. The number of aliphatic hydroxyl groups is 1. The minimum absolute atomic E-state index is 0.0997. The van der Waals surface area contributed by atoms with Crippen LogP contribution in [0.1, 0.15) is 73.7 Å². The fourth-order valence-electron chi connectivity index (χ4n) is 4.06. The first kappa shape index (κ1) is 27.3. The quantitative estimate of drug-likeness (QED) is 0.326. The van der Waals surface area contributed by atoms with Crippen LogP contribution in [-0.4, -0.2) is 41.3 Å². The van der Waals surface area contributed by atoms with E-state index in [1.807, 2.05) is 52.0 Å². The molecule has 3 aromatic rings. The number of fused-ring (bicyclic) bond motifs is 1. The molecule has 194 valence electrons. The molecule has 0 aliphatic heterocycles. The van der Waals surface area contributed by atoms with Crippen molar-refractivity contribution in [2.45, 2.75) is 65.9 Å². The predicted octanol–water partition coefficient (Wildman–Crippen LogP) is 5.47. The predicted molar refractivity (Wildman–Crippen MR) is 140 cm³/mol. The van der Waals surface area contributed by atoms with Crippen molar-refractivity contribution in [1.29, 1.82) is 0 Å². The second-order valence-electron chi connectivity index (χ2n) is 10.4. The summed E-state index contributed by atoms with van der Waals surface area (Å²) in [5.74, 6) is -0.371. The molecular formula is C29H37NO6. The number of furan rings is 1. The lowest BCUT2D eigenvalue weighted by Crippen LogP contribution is -2.32. The zero-order chi connectivity index (χ0) is 26.5. The number of amides is 1. The summed E-state index contributed by atoms with van der Waals surface area (Å²) in [5, 5.41) is 22.1. The highest BCUT2D eigenvalue weighted by atomic mass is 16.5. The average molecular weight is 496 g/mol. The van der Waals surface area contributed by atoms with Crippen LogP contribution in [0, 0.1) is 12.3 Å². The summed E-state index contributed by atoms with van der Waals surface area (Å²) in [5.41, 5.74) is 3.83. The van der Waals surface area contributed by atoms with E-state index in [1.165, 1.54) is 5.56 Å². The van der Waals surface area contributed by atoms with Gasteiger partial charge in [0.15, 0.2) is 5.76 Å². The fraction of sp³-hybridized carbons (Fsp3) is 0.448. The standard InChI is InChI=1S/C29H37NO6/c1-6-20(21-10-12-23(18(2)13-21)35-17-26(31)29(3,4)5)9-7-19-8-11-24-22(14-19)15-25(36-24)28(34)30-16-27(32)33/h8,10-15,20,26,31H,6-7,9,16-17H2,1-5H3,(H,30,34)(H,32,33). The highest BCUT2D eigenvalue weighted by molar-refractivity contribution is 5.97. The Morgan fingerprint density at radius 3 is 2.50 bits per heavy atom. The Balaban J connectivity index is 1.64. The van der Waals surface area contributed by atoms with Gasteiger partial charge >= 0.3 is 5.97 Å². The summed E-state index contributed by atoms with van der Waals surface area (Å²) in [6, 6.07) is 13.8. The molecule has 36 heavy (non-hydrogen) atoms. The third-order valence-corrected chi connectivity index (χ3v) is 6.55. The zero-order valence-corrected chi connectivity index (χ0v) is 21.8. The minimum atomic E-state index is -1.11. The van der Waals surface area contributed by atoms with Crippen molar-refractivity contribution in [3.63, 3.8) is 0 Å². The van der Waals surface area contributed by atoms with Gasteiger partial charge in [-0.1, -0.05) is 45.9 Å². The number of carbonyl (C=O) groups excluding carboxylic acids is 1. The van der Waals surface area contributed by atoms with Crippen LogP contribution in [0.2, 0.25) is 0 Å². The topological polar surface area (TPSA) is 109 Å². The van der Waals surface area contributed by atoms with Gasteiger partial charge in [-0.25, -0.2) is 0 Å². The van der Waals surface area contributed by atoms with E-state index in [-0.39, 0.29) is 17.8 Å². The van der Waals surface area contributed by atoms with Crippen LogP contribution < -0.4 is 10.1 Å². The van der Waals surface area contributed by atoms with E-state index < -0.39 is 24.5 Å². The maximum atomic E-state index is 12.1. The van der Waals surface area contributed by atoms with Crippen molar-refractivity contribution in [2.75, 3.05) is 13.2 Å². The number of aliphatic carboxylic acids is 1. The zero-order valence-electron chi connectivity index (χ0n) is 21.8. The Morgan fingerprint density at radius 1 is 1.11 bits per heavy atom. The van der Waals surface area contributed by atoms with Crippen molar-refractivity contribution >= 4 is 22.8 Å². The van der Waals surface area contributed by atoms with E-state index >= 15 is 0 Å². The molecule has 0 aliphatic rings. The largest absolute Gasteiger partial charge is 0.491 e. The molecule has 0 bridgehead atoms. The number of carboxylic acid groups (broad SMARTS) is 1. The van der Waals surface area contributed by atoms with Crippen LogP contribution in [0.4, 0.5) is 0 Å². The number of aliphatic hydroxyl groups excluding tert-OH is 1. The molecular weight excluding hydrogens is 458 g/mol. The number of carboxylic acids is 1. The van der Waals surface area contributed by atoms with E-state index in [9.17, 15) is 14.7 Å². The van der Waals surface area contributed by atoms with Gasteiger partial charge in [0.05, 0.1) is 6.10 Å². The third kappa shape index (κ3) is 7.10. The summed E-state index contributed by atoms with van der Waals surface area (Å²) in [7, 11) is 0. The summed E-state index contributed by atoms with van der Waals surface area (Å²) in [4.78, 5) is 22.8. The number of hydrogen-bond acceptors (Lipinski definition) is 5. The highest BCUT2D eigenvalue weighted by Crippen LogP contribution is 2.31. The van der Waals surface area contributed by atoms with E-state index in [1.54, 1.807) is 6.07 Å². The molecule has 7 heteroatoms. The first-order valence-electron chi connectivity index (χ1n) is 12.4. The van der Waals surface area contributed by atoms with Crippen molar-refractivity contribution in [3.8, 4) is 5.75 Å². The van der Waals surface area contributed by atoms with Gasteiger partial charge < -0.3 is 24.7 Å². The Morgan fingerprint density at radius 2 is 1.86 bits per heavy atom. The van der Waals surface area contributed by atoms with Gasteiger partial charge in [0, 0.05) is 5.39 Å².